The number of halogens is 1. The minimum atomic E-state index is -0.275. The van der Waals surface area contributed by atoms with Gasteiger partial charge in [0, 0.05) is 12.2 Å². The summed E-state index contributed by atoms with van der Waals surface area (Å²) in [5.41, 5.74) is 5.61. The Morgan fingerprint density at radius 3 is 2.80 bits per heavy atom. The van der Waals surface area contributed by atoms with Gasteiger partial charge in [0.15, 0.2) is 5.82 Å². The lowest BCUT2D eigenvalue weighted by Gasteiger charge is -2.15. The molecule has 0 aromatic carbocycles. The molecular weight excluding hydrogens is 214 g/mol. The van der Waals surface area contributed by atoms with Gasteiger partial charge in [-0.2, -0.15) is 0 Å². The summed E-state index contributed by atoms with van der Waals surface area (Å²) in [5, 5.41) is 3.05. The van der Waals surface area contributed by atoms with Gasteiger partial charge >= 0.3 is 0 Å². The van der Waals surface area contributed by atoms with Crippen LogP contribution in [0.15, 0.2) is 18.3 Å². The first-order valence-corrected chi connectivity index (χ1v) is 5.07. The van der Waals surface area contributed by atoms with Gasteiger partial charge in [-0.15, -0.1) is 0 Å². The van der Waals surface area contributed by atoms with E-state index < -0.39 is 0 Å². The third-order valence-electron chi connectivity index (χ3n) is 2.20. The van der Waals surface area contributed by atoms with Gasteiger partial charge in [0.2, 0.25) is 5.91 Å². The van der Waals surface area contributed by atoms with E-state index >= 15 is 0 Å². The molecule has 0 radical (unpaired) electrons. The van der Waals surface area contributed by atoms with Crippen molar-refractivity contribution < 1.29 is 4.79 Å². The van der Waals surface area contributed by atoms with Crippen LogP contribution in [0.5, 0.6) is 0 Å². The Bertz CT molecular complexity index is 354. The fourth-order valence-electron chi connectivity index (χ4n) is 0.947. The van der Waals surface area contributed by atoms with Crippen molar-refractivity contribution in [2.45, 2.75) is 19.9 Å². The average Bonchev–Trinajstić information content (AvgIpc) is 2.20. The van der Waals surface area contributed by atoms with E-state index in [1.807, 2.05) is 0 Å². The summed E-state index contributed by atoms with van der Waals surface area (Å²) in [5.74, 6) is -0.0784. The molecule has 1 aromatic rings. The number of hydrogen-bond donors (Lipinski definition) is 2. The highest BCUT2D eigenvalue weighted by molar-refractivity contribution is 6.33. The smallest absolute Gasteiger partial charge is 0.229 e. The predicted octanol–water partition coefficient (Wildman–Crippen LogP) is 1.66. The van der Waals surface area contributed by atoms with Crippen molar-refractivity contribution in [3.63, 3.8) is 0 Å². The maximum atomic E-state index is 11.6. The number of aromatic nitrogens is 1. The highest BCUT2D eigenvalue weighted by Gasteiger charge is 2.18. The van der Waals surface area contributed by atoms with Crippen LogP contribution in [0, 0.1) is 5.92 Å². The Balaban J connectivity index is 2.71. The summed E-state index contributed by atoms with van der Waals surface area (Å²) < 4.78 is 0. The molecule has 0 aliphatic rings. The number of amides is 1. The van der Waals surface area contributed by atoms with E-state index in [1.165, 1.54) is 0 Å². The van der Waals surface area contributed by atoms with Crippen LogP contribution in [-0.4, -0.2) is 16.9 Å². The van der Waals surface area contributed by atoms with Crippen molar-refractivity contribution in [3.05, 3.63) is 23.4 Å². The zero-order chi connectivity index (χ0) is 11.4. The Morgan fingerprint density at radius 2 is 2.27 bits per heavy atom. The van der Waals surface area contributed by atoms with Crippen LogP contribution in [0.25, 0.3) is 0 Å². The van der Waals surface area contributed by atoms with Gasteiger partial charge < -0.3 is 11.1 Å². The van der Waals surface area contributed by atoms with Crippen molar-refractivity contribution >= 4 is 23.3 Å². The van der Waals surface area contributed by atoms with Crippen molar-refractivity contribution in [1.29, 1.82) is 0 Å². The number of nitrogens with zero attached hydrogens (tertiary/aromatic N) is 1. The largest absolute Gasteiger partial charge is 0.327 e. The first-order chi connectivity index (χ1) is 7.02. The number of nitrogens with two attached hydrogens (primary N) is 1. The fraction of sp³-hybridized carbons (Fsp3) is 0.400. The number of carbonyl (C=O) groups excluding carboxylic acids is 1. The summed E-state index contributed by atoms with van der Waals surface area (Å²) in [4.78, 5) is 15.6. The Labute approximate surface area is 93.8 Å². The molecule has 0 fully saturated rings. The molecule has 1 heterocycles. The van der Waals surface area contributed by atoms with E-state index in [1.54, 1.807) is 32.2 Å². The van der Waals surface area contributed by atoms with Gasteiger partial charge in [-0.05, 0) is 19.1 Å². The molecule has 2 unspecified atom stereocenters. The molecule has 82 valence electrons. The molecule has 4 nitrogen and oxygen atoms in total. The molecular formula is C10H14ClN3O. The number of anilines is 1. The van der Waals surface area contributed by atoms with Crippen LogP contribution in [0.4, 0.5) is 5.82 Å². The number of pyridine rings is 1. The molecule has 1 aromatic heterocycles. The maximum absolute atomic E-state index is 11.6. The van der Waals surface area contributed by atoms with E-state index in [0.717, 1.165) is 0 Å². The number of hydrogen-bond acceptors (Lipinski definition) is 3. The molecule has 0 saturated carbocycles. The Hall–Kier alpha value is -1.13. The lowest BCUT2D eigenvalue weighted by molar-refractivity contribution is -0.119. The van der Waals surface area contributed by atoms with Gasteiger partial charge in [0.25, 0.3) is 0 Å². The van der Waals surface area contributed by atoms with E-state index in [0.29, 0.717) is 10.8 Å². The Kier molecular flexibility index (Phi) is 4.05. The Morgan fingerprint density at radius 1 is 1.60 bits per heavy atom. The molecule has 0 spiro atoms. The van der Waals surface area contributed by atoms with Crippen LogP contribution < -0.4 is 11.1 Å². The molecule has 1 amide bonds. The lowest BCUT2D eigenvalue weighted by atomic mass is 10.0. The van der Waals surface area contributed by atoms with Crippen molar-refractivity contribution in [2.75, 3.05) is 5.32 Å². The van der Waals surface area contributed by atoms with Gasteiger partial charge in [-0.3, -0.25) is 4.79 Å². The highest BCUT2D eigenvalue weighted by atomic mass is 35.5. The summed E-state index contributed by atoms with van der Waals surface area (Å²) in [6, 6.07) is 3.17. The normalized spacial score (nSPS) is 14.4. The fourth-order valence-corrected chi connectivity index (χ4v) is 1.12. The molecule has 0 bridgehead atoms. The number of rotatable bonds is 3. The number of carbonyl (C=O) groups is 1. The zero-order valence-electron chi connectivity index (χ0n) is 8.70. The standard InChI is InChI=1S/C10H14ClN3O/c1-6(7(2)12)10(15)14-9-8(11)4-3-5-13-9/h3-7H,12H2,1-2H3,(H,13,14,15). The summed E-state index contributed by atoms with van der Waals surface area (Å²) >= 11 is 5.84. The molecule has 0 saturated heterocycles. The second-order valence-electron chi connectivity index (χ2n) is 3.47. The minimum absolute atomic E-state index is 0.175. The van der Waals surface area contributed by atoms with Gasteiger partial charge in [-0.25, -0.2) is 4.98 Å². The van der Waals surface area contributed by atoms with E-state index in [9.17, 15) is 4.79 Å². The van der Waals surface area contributed by atoms with Gasteiger partial charge in [0.1, 0.15) is 0 Å². The monoisotopic (exact) mass is 227 g/mol. The predicted molar refractivity (Wildman–Crippen MR) is 60.7 cm³/mol. The summed E-state index contributed by atoms with van der Waals surface area (Å²) in [7, 11) is 0. The topological polar surface area (TPSA) is 68.0 Å². The van der Waals surface area contributed by atoms with E-state index in [4.69, 9.17) is 17.3 Å². The highest BCUT2D eigenvalue weighted by Crippen LogP contribution is 2.18. The van der Waals surface area contributed by atoms with Crippen molar-refractivity contribution in [3.8, 4) is 0 Å². The van der Waals surface area contributed by atoms with Crippen LogP contribution in [0.1, 0.15) is 13.8 Å². The third kappa shape index (κ3) is 3.18. The first kappa shape index (κ1) is 11.9. The number of nitrogens with one attached hydrogen (secondary N) is 1. The van der Waals surface area contributed by atoms with Crippen molar-refractivity contribution in [2.24, 2.45) is 11.7 Å². The maximum Gasteiger partial charge on any atom is 0.229 e. The molecule has 1 rings (SSSR count). The summed E-state index contributed by atoms with van der Waals surface area (Å²) in [6.45, 7) is 3.54. The van der Waals surface area contributed by atoms with Gasteiger partial charge in [-0.1, -0.05) is 18.5 Å². The first-order valence-electron chi connectivity index (χ1n) is 4.69. The van der Waals surface area contributed by atoms with Crippen molar-refractivity contribution in [1.82, 2.24) is 4.98 Å². The molecule has 2 atom stereocenters. The molecule has 15 heavy (non-hydrogen) atoms. The van der Waals surface area contributed by atoms with Crippen LogP contribution in [-0.2, 0) is 4.79 Å². The summed E-state index contributed by atoms with van der Waals surface area (Å²) in [6.07, 6.45) is 1.57. The van der Waals surface area contributed by atoms with Gasteiger partial charge in [0.05, 0.1) is 10.9 Å². The second-order valence-corrected chi connectivity index (χ2v) is 3.88. The van der Waals surface area contributed by atoms with E-state index in [2.05, 4.69) is 10.3 Å². The third-order valence-corrected chi connectivity index (χ3v) is 2.51. The molecule has 3 N–H and O–H groups in total. The molecule has 5 heteroatoms. The zero-order valence-corrected chi connectivity index (χ0v) is 9.45. The second kappa shape index (κ2) is 5.09. The molecule has 0 aliphatic heterocycles. The molecule has 0 aliphatic carbocycles. The lowest BCUT2D eigenvalue weighted by Crippen LogP contribution is -2.34. The van der Waals surface area contributed by atoms with Crippen LogP contribution >= 0.6 is 11.6 Å². The quantitative estimate of drug-likeness (QED) is 0.825. The minimum Gasteiger partial charge on any atom is -0.327 e. The SMILES string of the molecule is CC(N)C(C)C(=O)Nc1ncccc1Cl. The van der Waals surface area contributed by atoms with Crippen LogP contribution in [0.3, 0.4) is 0 Å². The van der Waals surface area contributed by atoms with Crippen LogP contribution in [0.2, 0.25) is 5.02 Å². The average molecular weight is 228 g/mol. The van der Waals surface area contributed by atoms with E-state index in [-0.39, 0.29) is 17.9 Å².